The highest BCUT2D eigenvalue weighted by atomic mass is 32.2. The van der Waals surface area contributed by atoms with Crippen LogP contribution in [0.5, 0.6) is 0 Å². The molecule has 1 aromatic heterocycles. The van der Waals surface area contributed by atoms with Gasteiger partial charge in [0.25, 0.3) is 0 Å². The van der Waals surface area contributed by atoms with Crippen LogP contribution in [0.3, 0.4) is 0 Å². The number of pyridine rings is 1. The van der Waals surface area contributed by atoms with Crippen LogP contribution in [-0.4, -0.2) is 42.9 Å². The van der Waals surface area contributed by atoms with E-state index in [1.165, 1.54) is 0 Å². The molecule has 2 aromatic rings. The zero-order valence-corrected chi connectivity index (χ0v) is 13.7. The molecule has 118 valence electrons. The van der Waals surface area contributed by atoms with Crippen molar-refractivity contribution in [1.82, 2.24) is 14.6 Å². The predicted octanol–water partition coefficient (Wildman–Crippen LogP) is 2.00. The number of hydrogen-bond acceptors (Lipinski definition) is 4. The van der Waals surface area contributed by atoms with Crippen molar-refractivity contribution in [2.24, 2.45) is 0 Å². The van der Waals surface area contributed by atoms with Gasteiger partial charge in [0.2, 0.25) is 10.0 Å². The number of sulfonamides is 1. The summed E-state index contributed by atoms with van der Waals surface area (Å²) in [5, 5.41) is 5.13. The molecule has 1 fully saturated rings. The van der Waals surface area contributed by atoms with Crippen molar-refractivity contribution in [2.75, 3.05) is 13.1 Å². The Morgan fingerprint density at radius 2 is 2.00 bits per heavy atom. The molecule has 0 spiro atoms. The smallest absolute Gasteiger partial charge is 0.243 e. The lowest BCUT2D eigenvalue weighted by Crippen LogP contribution is -2.45. The molecule has 0 saturated carbocycles. The van der Waals surface area contributed by atoms with Crippen molar-refractivity contribution >= 4 is 20.8 Å². The Bertz CT molecular complexity index is 764. The van der Waals surface area contributed by atoms with Gasteiger partial charge >= 0.3 is 0 Å². The van der Waals surface area contributed by atoms with Crippen LogP contribution in [0.2, 0.25) is 0 Å². The molecule has 0 radical (unpaired) electrons. The van der Waals surface area contributed by atoms with E-state index in [0.717, 1.165) is 23.7 Å². The average Bonchev–Trinajstić information content (AvgIpc) is 2.67. The molecular weight excluding hydrogens is 298 g/mol. The molecule has 1 aromatic carbocycles. The van der Waals surface area contributed by atoms with E-state index in [-0.39, 0.29) is 12.1 Å². The van der Waals surface area contributed by atoms with Crippen molar-refractivity contribution in [2.45, 2.75) is 37.2 Å². The van der Waals surface area contributed by atoms with Crippen molar-refractivity contribution in [3.63, 3.8) is 0 Å². The molecule has 2 atom stereocenters. The summed E-state index contributed by atoms with van der Waals surface area (Å²) in [5.74, 6) is 0. The van der Waals surface area contributed by atoms with Crippen LogP contribution in [0.15, 0.2) is 41.6 Å². The van der Waals surface area contributed by atoms with Crippen LogP contribution in [0.25, 0.3) is 10.8 Å². The summed E-state index contributed by atoms with van der Waals surface area (Å²) in [6, 6.07) is 7.01. The van der Waals surface area contributed by atoms with E-state index in [0.29, 0.717) is 11.4 Å². The van der Waals surface area contributed by atoms with Crippen molar-refractivity contribution in [3.8, 4) is 0 Å². The van der Waals surface area contributed by atoms with Gasteiger partial charge in [-0.15, -0.1) is 0 Å². The Hall–Kier alpha value is -1.50. The summed E-state index contributed by atoms with van der Waals surface area (Å²) in [6.07, 6.45) is 4.24. The first-order valence-corrected chi connectivity index (χ1v) is 9.02. The number of rotatable bonds is 2. The number of nitrogens with one attached hydrogen (secondary N) is 1. The molecule has 0 amide bonds. The topological polar surface area (TPSA) is 62.3 Å². The summed E-state index contributed by atoms with van der Waals surface area (Å²) in [4.78, 5) is 4.42. The molecule has 0 bridgehead atoms. The van der Waals surface area contributed by atoms with E-state index in [1.54, 1.807) is 28.8 Å². The van der Waals surface area contributed by atoms with E-state index in [4.69, 9.17) is 0 Å². The van der Waals surface area contributed by atoms with Gasteiger partial charge in [0.1, 0.15) is 0 Å². The fourth-order valence-corrected chi connectivity index (χ4v) is 4.98. The zero-order chi connectivity index (χ0) is 15.7. The molecule has 0 unspecified atom stereocenters. The van der Waals surface area contributed by atoms with Crippen LogP contribution in [0, 0.1) is 0 Å². The third-order valence-corrected chi connectivity index (χ3v) is 6.36. The third-order valence-electron chi connectivity index (χ3n) is 4.23. The van der Waals surface area contributed by atoms with Crippen LogP contribution >= 0.6 is 0 Å². The highest BCUT2D eigenvalue weighted by Gasteiger charge is 2.34. The largest absolute Gasteiger partial charge is 0.315 e. The van der Waals surface area contributed by atoms with Crippen molar-refractivity contribution in [3.05, 3.63) is 36.7 Å². The van der Waals surface area contributed by atoms with Crippen LogP contribution in [0.1, 0.15) is 20.3 Å². The normalized spacial score (nSPS) is 24.3. The Labute approximate surface area is 131 Å². The first-order valence-electron chi connectivity index (χ1n) is 7.58. The summed E-state index contributed by atoms with van der Waals surface area (Å²) in [7, 11) is -3.50. The summed E-state index contributed by atoms with van der Waals surface area (Å²) < 4.78 is 27.8. The second kappa shape index (κ2) is 5.95. The molecule has 0 aliphatic carbocycles. The monoisotopic (exact) mass is 319 g/mol. The van der Waals surface area contributed by atoms with E-state index >= 15 is 0 Å². The quantitative estimate of drug-likeness (QED) is 0.919. The van der Waals surface area contributed by atoms with Crippen LogP contribution in [0.4, 0.5) is 0 Å². The average molecular weight is 319 g/mol. The molecule has 22 heavy (non-hydrogen) atoms. The molecule has 6 heteroatoms. The van der Waals surface area contributed by atoms with Gasteiger partial charge in [-0.25, -0.2) is 8.42 Å². The molecule has 1 aliphatic rings. The fraction of sp³-hybridized carbons (Fsp3) is 0.438. The van der Waals surface area contributed by atoms with E-state index in [1.807, 2.05) is 26.0 Å². The van der Waals surface area contributed by atoms with Crippen LogP contribution < -0.4 is 5.32 Å². The second-order valence-corrected chi connectivity index (χ2v) is 7.75. The predicted molar refractivity (Wildman–Crippen MR) is 87.2 cm³/mol. The van der Waals surface area contributed by atoms with Gasteiger partial charge in [0, 0.05) is 36.4 Å². The molecule has 5 nitrogen and oxygen atoms in total. The minimum Gasteiger partial charge on any atom is -0.315 e. The SMILES string of the molecule is C[C@H]1CCNC[C@H](C)N1S(=O)(=O)c1ccc2cnccc2c1. The number of fused-ring (bicyclic) bond motifs is 1. The molecular formula is C16H21N3O2S. The standard InChI is InChI=1S/C16H21N3O2S/c1-12-5-7-17-10-13(2)19(12)22(20,21)16-4-3-15-11-18-8-6-14(15)9-16/h3-4,6,8-9,11-13,17H,5,7,10H2,1-2H3/t12-,13-/m0/s1. The lowest BCUT2D eigenvalue weighted by molar-refractivity contribution is 0.286. The van der Waals surface area contributed by atoms with Gasteiger partial charge in [-0.1, -0.05) is 6.07 Å². The van der Waals surface area contributed by atoms with Crippen LogP contribution in [-0.2, 0) is 10.0 Å². The van der Waals surface area contributed by atoms with Crippen molar-refractivity contribution in [1.29, 1.82) is 0 Å². The minimum atomic E-state index is -3.50. The van der Waals surface area contributed by atoms with Crippen molar-refractivity contribution < 1.29 is 8.42 Å². The maximum absolute atomic E-state index is 13.1. The van der Waals surface area contributed by atoms with Gasteiger partial charge in [0.15, 0.2) is 0 Å². The Morgan fingerprint density at radius 1 is 1.18 bits per heavy atom. The molecule has 1 aliphatic heterocycles. The Balaban J connectivity index is 2.06. The second-order valence-electron chi connectivity index (χ2n) is 5.91. The number of benzene rings is 1. The first-order chi connectivity index (χ1) is 10.5. The van der Waals surface area contributed by atoms with E-state index in [9.17, 15) is 8.42 Å². The van der Waals surface area contributed by atoms with E-state index < -0.39 is 10.0 Å². The molecule has 2 heterocycles. The highest BCUT2D eigenvalue weighted by Crippen LogP contribution is 2.26. The van der Waals surface area contributed by atoms with Gasteiger partial charge in [-0.05, 0) is 50.4 Å². The number of aromatic nitrogens is 1. The van der Waals surface area contributed by atoms with Gasteiger partial charge in [-0.3, -0.25) is 4.98 Å². The maximum atomic E-state index is 13.1. The molecule has 1 N–H and O–H groups in total. The fourth-order valence-electron chi connectivity index (χ4n) is 3.09. The highest BCUT2D eigenvalue weighted by molar-refractivity contribution is 7.89. The zero-order valence-electron chi connectivity index (χ0n) is 12.9. The lowest BCUT2D eigenvalue weighted by atomic mass is 10.2. The van der Waals surface area contributed by atoms with E-state index in [2.05, 4.69) is 10.3 Å². The lowest BCUT2D eigenvalue weighted by Gasteiger charge is -2.31. The number of hydrogen-bond donors (Lipinski definition) is 1. The minimum absolute atomic E-state index is 0.0110. The van der Waals surface area contributed by atoms with Gasteiger partial charge in [-0.2, -0.15) is 4.31 Å². The van der Waals surface area contributed by atoms with Gasteiger partial charge in [0.05, 0.1) is 4.90 Å². The summed E-state index contributed by atoms with van der Waals surface area (Å²) >= 11 is 0. The molecule has 1 saturated heterocycles. The maximum Gasteiger partial charge on any atom is 0.243 e. The first kappa shape index (κ1) is 15.4. The number of nitrogens with zero attached hydrogens (tertiary/aromatic N) is 2. The summed E-state index contributed by atoms with van der Waals surface area (Å²) in [6.45, 7) is 5.46. The Kier molecular flexibility index (Phi) is 4.16. The van der Waals surface area contributed by atoms with Gasteiger partial charge < -0.3 is 5.32 Å². The summed E-state index contributed by atoms with van der Waals surface area (Å²) in [5.41, 5.74) is 0. The molecule has 3 rings (SSSR count). The Morgan fingerprint density at radius 3 is 2.82 bits per heavy atom. The third kappa shape index (κ3) is 2.74.